The Balaban J connectivity index is 1.51. The zero-order chi connectivity index (χ0) is 18.2. The van der Waals surface area contributed by atoms with Gasteiger partial charge in [-0.2, -0.15) is 0 Å². The van der Waals surface area contributed by atoms with Crippen LogP contribution in [0, 0.1) is 0 Å². The molecule has 2 aromatic carbocycles. The molecule has 0 unspecified atom stereocenters. The van der Waals surface area contributed by atoms with E-state index < -0.39 is 0 Å². The van der Waals surface area contributed by atoms with Crippen LogP contribution in [0.3, 0.4) is 0 Å². The van der Waals surface area contributed by atoms with E-state index in [9.17, 15) is 4.79 Å². The molecule has 1 aliphatic heterocycles. The van der Waals surface area contributed by atoms with E-state index in [0.717, 1.165) is 17.1 Å². The zero-order valence-corrected chi connectivity index (χ0v) is 16.0. The first-order valence-corrected chi connectivity index (χ1v) is 9.89. The summed E-state index contributed by atoms with van der Waals surface area (Å²) in [7, 11) is 0. The summed E-state index contributed by atoms with van der Waals surface area (Å²) in [5.41, 5.74) is 3.56. The smallest absolute Gasteiger partial charge is 0.220 e. The van der Waals surface area contributed by atoms with Crippen LogP contribution >= 0.6 is 11.6 Å². The molecule has 138 valence electrons. The Bertz CT molecular complexity index is 726. The number of nitrogens with one attached hydrogen (secondary N) is 1. The van der Waals surface area contributed by atoms with Crippen molar-refractivity contribution in [3.05, 3.63) is 70.2 Å². The number of amides is 1. The highest BCUT2D eigenvalue weighted by Gasteiger charge is 2.13. The number of benzene rings is 2. The number of aryl methyl sites for hydroxylation is 1. The van der Waals surface area contributed by atoms with Gasteiger partial charge in [0.2, 0.25) is 5.91 Å². The first kappa shape index (κ1) is 18.9. The number of nitrogens with zero attached hydrogens (tertiary/aromatic N) is 1. The minimum Gasteiger partial charge on any atom is -0.352 e. The molecule has 2 aromatic rings. The second-order valence-electron chi connectivity index (χ2n) is 6.97. The van der Waals surface area contributed by atoms with Crippen molar-refractivity contribution in [2.75, 3.05) is 13.1 Å². The SMILES string of the molecule is O=C(CCc1ccccc1Cl)NCc1ccccc1CN1CCCCC1. The molecular weight excluding hydrogens is 344 g/mol. The topological polar surface area (TPSA) is 32.3 Å². The van der Waals surface area contributed by atoms with E-state index in [1.807, 2.05) is 30.3 Å². The monoisotopic (exact) mass is 370 g/mol. The van der Waals surface area contributed by atoms with Crippen LogP contribution in [-0.2, 0) is 24.3 Å². The molecule has 0 spiro atoms. The van der Waals surface area contributed by atoms with Crippen LogP contribution in [0.4, 0.5) is 0 Å². The van der Waals surface area contributed by atoms with Crippen molar-refractivity contribution in [3.63, 3.8) is 0 Å². The number of hydrogen-bond donors (Lipinski definition) is 1. The molecule has 1 N–H and O–H groups in total. The van der Waals surface area contributed by atoms with Crippen LogP contribution in [0.2, 0.25) is 5.02 Å². The summed E-state index contributed by atoms with van der Waals surface area (Å²) in [5.74, 6) is 0.0673. The fourth-order valence-electron chi connectivity index (χ4n) is 3.47. The third kappa shape index (κ3) is 5.58. The lowest BCUT2D eigenvalue weighted by atomic mass is 10.0. The highest BCUT2D eigenvalue weighted by atomic mass is 35.5. The van der Waals surface area contributed by atoms with Gasteiger partial charge in [-0.15, -0.1) is 0 Å². The lowest BCUT2D eigenvalue weighted by Crippen LogP contribution is -2.30. The Labute approximate surface area is 161 Å². The van der Waals surface area contributed by atoms with E-state index in [1.54, 1.807) is 0 Å². The third-order valence-electron chi connectivity index (χ3n) is 5.02. The maximum absolute atomic E-state index is 12.2. The Kier molecular flexibility index (Phi) is 7.10. The molecule has 26 heavy (non-hydrogen) atoms. The van der Waals surface area contributed by atoms with E-state index in [1.165, 1.54) is 43.5 Å². The lowest BCUT2D eigenvalue weighted by Gasteiger charge is -2.27. The van der Waals surface area contributed by atoms with Crippen molar-refractivity contribution >= 4 is 17.5 Å². The van der Waals surface area contributed by atoms with E-state index in [-0.39, 0.29) is 5.91 Å². The predicted octanol–water partition coefficient (Wildman–Crippen LogP) is 4.57. The summed E-state index contributed by atoms with van der Waals surface area (Å²) >= 11 is 6.16. The second kappa shape index (κ2) is 9.75. The van der Waals surface area contributed by atoms with Crippen LogP contribution in [0.15, 0.2) is 48.5 Å². The minimum atomic E-state index is 0.0673. The number of likely N-dealkylation sites (tertiary alicyclic amines) is 1. The van der Waals surface area contributed by atoms with Crippen LogP contribution in [0.5, 0.6) is 0 Å². The molecule has 3 nitrogen and oxygen atoms in total. The Hall–Kier alpha value is -1.84. The number of carbonyl (C=O) groups excluding carboxylic acids is 1. The van der Waals surface area contributed by atoms with Crippen LogP contribution in [-0.4, -0.2) is 23.9 Å². The van der Waals surface area contributed by atoms with Gasteiger partial charge < -0.3 is 5.32 Å². The maximum Gasteiger partial charge on any atom is 0.220 e. The average Bonchev–Trinajstić information content (AvgIpc) is 2.67. The number of rotatable bonds is 7. The molecule has 0 aromatic heterocycles. The van der Waals surface area contributed by atoms with E-state index in [4.69, 9.17) is 11.6 Å². The molecule has 1 fully saturated rings. The van der Waals surface area contributed by atoms with Crippen molar-refractivity contribution in [2.24, 2.45) is 0 Å². The number of carbonyl (C=O) groups is 1. The van der Waals surface area contributed by atoms with Gasteiger partial charge in [0.05, 0.1) is 0 Å². The standard InChI is InChI=1S/C22H27ClN2O/c23-21-11-5-4-8-18(21)12-13-22(26)24-16-19-9-2-3-10-20(19)17-25-14-6-1-7-15-25/h2-5,8-11H,1,6-7,12-17H2,(H,24,26). The molecule has 1 amide bonds. The van der Waals surface area contributed by atoms with E-state index in [0.29, 0.717) is 19.4 Å². The van der Waals surface area contributed by atoms with Crippen LogP contribution in [0.1, 0.15) is 42.4 Å². The Morgan fingerprint density at radius 2 is 1.58 bits per heavy atom. The van der Waals surface area contributed by atoms with Crippen molar-refractivity contribution in [1.82, 2.24) is 10.2 Å². The Morgan fingerprint density at radius 3 is 2.31 bits per heavy atom. The van der Waals surface area contributed by atoms with Gasteiger partial charge in [-0.05, 0) is 55.1 Å². The molecule has 0 atom stereocenters. The van der Waals surface area contributed by atoms with E-state index >= 15 is 0 Å². The highest BCUT2D eigenvalue weighted by molar-refractivity contribution is 6.31. The summed E-state index contributed by atoms with van der Waals surface area (Å²) in [6.45, 7) is 3.92. The molecule has 1 heterocycles. The van der Waals surface area contributed by atoms with Crippen LogP contribution in [0.25, 0.3) is 0 Å². The lowest BCUT2D eigenvalue weighted by molar-refractivity contribution is -0.121. The Morgan fingerprint density at radius 1 is 0.923 bits per heavy atom. The molecule has 0 bridgehead atoms. The summed E-state index contributed by atoms with van der Waals surface area (Å²) in [6.07, 6.45) is 5.06. The highest BCUT2D eigenvalue weighted by Crippen LogP contribution is 2.17. The van der Waals surface area contributed by atoms with Crippen molar-refractivity contribution in [3.8, 4) is 0 Å². The first-order valence-electron chi connectivity index (χ1n) is 9.51. The summed E-state index contributed by atoms with van der Waals surface area (Å²) < 4.78 is 0. The number of hydrogen-bond acceptors (Lipinski definition) is 2. The minimum absolute atomic E-state index is 0.0673. The van der Waals surface area contributed by atoms with Gasteiger partial charge in [0, 0.05) is 24.5 Å². The zero-order valence-electron chi connectivity index (χ0n) is 15.2. The van der Waals surface area contributed by atoms with Gasteiger partial charge in [-0.1, -0.05) is 60.5 Å². The molecular formula is C22H27ClN2O. The van der Waals surface area contributed by atoms with Gasteiger partial charge in [-0.25, -0.2) is 0 Å². The molecule has 1 saturated heterocycles. The molecule has 3 rings (SSSR count). The van der Waals surface area contributed by atoms with E-state index in [2.05, 4.69) is 28.4 Å². The van der Waals surface area contributed by atoms with Gasteiger partial charge in [-0.3, -0.25) is 9.69 Å². The van der Waals surface area contributed by atoms with Crippen molar-refractivity contribution < 1.29 is 4.79 Å². The number of piperidine rings is 1. The fraction of sp³-hybridized carbons (Fsp3) is 0.409. The molecule has 4 heteroatoms. The molecule has 0 radical (unpaired) electrons. The normalized spacial score (nSPS) is 15.0. The molecule has 1 aliphatic rings. The molecule has 0 saturated carbocycles. The predicted molar refractivity (Wildman–Crippen MR) is 107 cm³/mol. The molecule has 0 aliphatic carbocycles. The van der Waals surface area contributed by atoms with Gasteiger partial charge >= 0.3 is 0 Å². The van der Waals surface area contributed by atoms with Crippen molar-refractivity contribution in [2.45, 2.75) is 45.2 Å². The van der Waals surface area contributed by atoms with Crippen molar-refractivity contribution in [1.29, 1.82) is 0 Å². The largest absolute Gasteiger partial charge is 0.352 e. The van der Waals surface area contributed by atoms with Gasteiger partial charge in [0.25, 0.3) is 0 Å². The summed E-state index contributed by atoms with van der Waals surface area (Å²) in [5, 5.41) is 3.79. The maximum atomic E-state index is 12.2. The van der Waals surface area contributed by atoms with Gasteiger partial charge in [0.15, 0.2) is 0 Å². The fourth-order valence-corrected chi connectivity index (χ4v) is 3.70. The summed E-state index contributed by atoms with van der Waals surface area (Å²) in [6, 6.07) is 16.1. The number of halogens is 1. The summed E-state index contributed by atoms with van der Waals surface area (Å²) in [4.78, 5) is 14.8. The average molecular weight is 371 g/mol. The van der Waals surface area contributed by atoms with Gasteiger partial charge in [0.1, 0.15) is 0 Å². The quantitative estimate of drug-likeness (QED) is 0.774. The van der Waals surface area contributed by atoms with Crippen LogP contribution < -0.4 is 5.32 Å². The first-order chi connectivity index (χ1) is 12.7. The third-order valence-corrected chi connectivity index (χ3v) is 5.38. The second-order valence-corrected chi connectivity index (χ2v) is 7.38.